The van der Waals surface area contributed by atoms with E-state index in [0.29, 0.717) is 11.8 Å². The van der Waals surface area contributed by atoms with Crippen LogP contribution in [0.4, 0.5) is 0 Å². The van der Waals surface area contributed by atoms with E-state index in [1.807, 2.05) is 36.4 Å². The lowest BCUT2D eigenvalue weighted by Crippen LogP contribution is -3.00. The minimum Gasteiger partial charge on any atom is -1.00 e. The van der Waals surface area contributed by atoms with E-state index >= 15 is 0 Å². The summed E-state index contributed by atoms with van der Waals surface area (Å²) in [5.74, 6) is 1.76. The van der Waals surface area contributed by atoms with Gasteiger partial charge < -0.3 is 26.2 Å². The SMILES string of the molecule is O=C(O[C@H]1C[N+]2(Cc3noc(-c4ccccc4)n3)CCC1CC2)C1(c2ccccc2)CCCCCC1.[Cl-]. The number of hydrogen-bond donors (Lipinski definition) is 0. The Morgan fingerprint density at radius 1 is 0.946 bits per heavy atom. The van der Waals surface area contributed by atoms with Crippen molar-refractivity contribution in [2.75, 3.05) is 19.6 Å². The Kier molecular flexibility index (Phi) is 7.68. The van der Waals surface area contributed by atoms with E-state index < -0.39 is 5.41 Å². The molecule has 0 unspecified atom stereocenters. The maximum absolute atomic E-state index is 14.0. The monoisotopic (exact) mass is 521 g/mol. The van der Waals surface area contributed by atoms with Crippen molar-refractivity contribution in [2.24, 2.45) is 5.92 Å². The van der Waals surface area contributed by atoms with Crippen LogP contribution in [0.2, 0.25) is 0 Å². The molecular formula is C30H36ClN3O3. The predicted octanol–water partition coefficient (Wildman–Crippen LogP) is 2.69. The molecule has 6 nitrogen and oxygen atoms in total. The molecule has 1 aromatic heterocycles. The fraction of sp³-hybridized carbons (Fsp3) is 0.500. The highest BCUT2D eigenvalue weighted by Crippen LogP contribution is 2.42. The van der Waals surface area contributed by atoms with Crippen LogP contribution in [0.3, 0.4) is 0 Å². The van der Waals surface area contributed by atoms with Gasteiger partial charge in [-0.1, -0.05) is 79.4 Å². The molecule has 1 saturated carbocycles. The lowest BCUT2D eigenvalue weighted by atomic mass is 9.74. The number of piperidine rings is 3. The van der Waals surface area contributed by atoms with E-state index in [-0.39, 0.29) is 24.5 Å². The number of quaternary nitrogens is 1. The summed E-state index contributed by atoms with van der Waals surface area (Å²) in [5.41, 5.74) is 1.56. The predicted molar refractivity (Wildman–Crippen MR) is 137 cm³/mol. The van der Waals surface area contributed by atoms with Crippen LogP contribution in [0.25, 0.3) is 11.5 Å². The molecule has 3 saturated heterocycles. The summed E-state index contributed by atoms with van der Waals surface area (Å²) in [6.07, 6.45) is 8.46. The van der Waals surface area contributed by atoms with Crippen molar-refractivity contribution in [1.29, 1.82) is 0 Å². The molecule has 4 heterocycles. The Hall–Kier alpha value is -2.70. The summed E-state index contributed by atoms with van der Waals surface area (Å²) >= 11 is 0. The van der Waals surface area contributed by atoms with Crippen LogP contribution < -0.4 is 12.4 Å². The Labute approximate surface area is 225 Å². The first-order chi connectivity index (χ1) is 17.7. The molecule has 0 spiro atoms. The van der Waals surface area contributed by atoms with Crippen molar-refractivity contribution in [3.8, 4) is 11.5 Å². The van der Waals surface area contributed by atoms with E-state index in [2.05, 4.69) is 29.4 Å². The summed E-state index contributed by atoms with van der Waals surface area (Å²) in [5, 5.41) is 4.31. The van der Waals surface area contributed by atoms with Crippen molar-refractivity contribution in [3.63, 3.8) is 0 Å². The van der Waals surface area contributed by atoms with Gasteiger partial charge in [-0.15, -0.1) is 0 Å². The third-order valence-corrected chi connectivity index (χ3v) is 8.94. The molecule has 4 fully saturated rings. The second-order valence-electron chi connectivity index (χ2n) is 11.2. The van der Waals surface area contributed by atoms with Crippen molar-refractivity contribution in [1.82, 2.24) is 10.1 Å². The molecule has 3 aromatic rings. The Morgan fingerprint density at radius 2 is 1.59 bits per heavy atom. The molecule has 7 rings (SSSR count). The lowest BCUT2D eigenvalue weighted by Gasteiger charge is -2.51. The highest BCUT2D eigenvalue weighted by atomic mass is 35.5. The fourth-order valence-corrected chi connectivity index (χ4v) is 6.84. The van der Waals surface area contributed by atoms with Crippen LogP contribution in [-0.2, 0) is 21.5 Å². The van der Waals surface area contributed by atoms with E-state index in [1.165, 1.54) is 12.8 Å². The lowest BCUT2D eigenvalue weighted by molar-refractivity contribution is -0.958. The largest absolute Gasteiger partial charge is 1.00 e. The topological polar surface area (TPSA) is 65.2 Å². The first-order valence-electron chi connectivity index (χ1n) is 13.7. The number of benzene rings is 2. The van der Waals surface area contributed by atoms with E-state index in [1.54, 1.807) is 0 Å². The summed E-state index contributed by atoms with van der Waals surface area (Å²) in [7, 11) is 0. The number of hydrogen-bond acceptors (Lipinski definition) is 5. The van der Waals surface area contributed by atoms with Gasteiger partial charge in [0.05, 0.1) is 18.5 Å². The molecular weight excluding hydrogens is 486 g/mol. The van der Waals surface area contributed by atoms with Crippen LogP contribution in [0.15, 0.2) is 65.2 Å². The molecule has 3 aliphatic heterocycles. The second kappa shape index (κ2) is 11.0. The number of rotatable bonds is 6. The number of aromatic nitrogens is 2. The number of carbonyl (C=O) groups excluding carboxylic acids is 1. The van der Waals surface area contributed by atoms with Gasteiger partial charge in [-0.05, 0) is 30.5 Å². The molecule has 1 aliphatic carbocycles. The van der Waals surface area contributed by atoms with Gasteiger partial charge in [0, 0.05) is 24.3 Å². The van der Waals surface area contributed by atoms with Gasteiger partial charge in [0.25, 0.3) is 5.89 Å². The minimum absolute atomic E-state index is 0. The number of esters is 1. The molecule has 2 bridgehead atoms. The molecule has 0 N–H and O–H groups in total. The van der Waals surface area contributed by atoms with E-state index in [4.69, 9.17) is 14.2 Å². The van der Waals surface area contributed by atoms with Gasteiger partial charge in [-0.3, -0.25) is 4.79 Å². The quantitative estimate of drug-likeness (QED) is 0.283. The molecule has 0 amide bonds. The van der Waals surface area contributed by atoms with Crippen LogP contribution in [0.5, 0.6) is 0 Å². The summed E-state index contributed by atoms with van der Waals surface area (Å²) in [6, 6.07) is 20.3. The molecule has 37 heavy (non-hydrogen) atoms. The molecule has 196 valence electrons. The normalized spacial score (nSPS) is 26.6. The van der Waals surface area contributed by atoms with Gasteiger partial charge in [0.1, 0.15) is 13.1 Å². The molecule has 7 heteroatoms. The highest BCUT2D eigenvalue weighted by molar-refractivity contribution is 5.83. The number of halogens is 1. The molecule has 1 atom stereocenters. The average Bonchev–Trinajstić information content (AvgIpc) is 3.23. The average molecular weight is 522 g/mol. The van der Waals surface area contributed by atoms with Gasteiger partial charge in [0.2, 0.25) is 5.82 Å². The van der Waals surface area contributed by atoms with E-state index in [0.717, 1.165) is 86.1 Å². The van der Waals surface area contributed by atoms with Crippen molar-refractivity contribution >= 4 is 5.97 Å². The van der Waals surface area contributed by atoms with Crippen molar-refractivity contribution in [3.05, 3.63) is 72.1 Å². The van der Waals surface area contributed by atoms with E-state index in [9.17, 15) is 4.79 Å². The zero-order valence-electron chi connectivity index (χ0n) is 21.4. The minimum atomic E-state index is -0.507. The third kappa shape index (κ3) is 5.19. The van der Waals surface area contributed by atoms with Gasteiger partial charge in [0.15, 0.2) is 6.10 Å². The zero-order chi connectivity index (χ0) is 24.4. The molecule has 4 aliphatic rings. The van der Waals surface area contributed by atoms with Gasteiger partial charge in [-0.25, -0.2) is 0 Å². The first-order valence-corrected chi connectivity index (χ1v) is 13.7. The standard InChI is InChI=1S/C30H36N3O3.ClH/c34-29(30(17-9-1-2-10-18-30)25-13-7-4-8-14-25)35-26-21-33(19-15-23(26)16-20-33)22-27-31-28(36-32-27)24-11-5-3-6-12-24;/h3-8,11-14,23,26H,1-2,9-10,15-22H2;1H/q+1;/p-1/t23?,26-,33?;/m0./s1. The smallest absolute Gasteiger partial charge is 0.317 e. The van der Waals surface area contributed by atoms with Crippen LogP contribution in [0.1, 0.15) is 62.8 Å². The Balaban J connectivity index is 0.00000280. The number of carbonyl (C=O) groups is 1. The zero-order valence-corrected chi connectivity index (χ0v) is 22.1. The van der Waals surface area contributed by atoms with Gasteiger partial charge >= 0.3 is 5.97 Å². The first kappa shape index (κ1) is 25.9. The fourth-order valence-electron chi connectivity index (χ4n) is 6.84. The second-order valence-corrected chi connectivity index (χ2v) is 11.2. The third-order valence-electron chi connectivity index (χ3n) is 8.94. The Morgan fingerprint density at radius 3 is 2.27 bits per heavy atom. The Bertz CT molecular complexity index is 1170. The highest BCUT2D eigenvalue weighted by Gasteiger charge is 2.50. The number of nitrogens with zero attached hydrogens (tertiary/aromatic N) is 3. The molecule has 0 radical (unpaired) electrons. The summed E-state index contributed by atoms with van der Waals surface area (Å²) in [6.45, 7) is 3.73. The summed E-state index contributed by atoms with van der Waals surface area (Å²) < 4.78 is 13.0. The van der Waals surface area contributed by atoms with Gasteiger partial charge in [-0.2, -0.15) is 4.98 Å². The van der Waals surface area contributed by atoms with Crippen LogP contribution >= 0.6 is 0 Å². The van der Waals surface area contributed by atoms with Crippen LogP contribution in [-0.4, -0.2) is 46.3 Å². The maximum atomic E-state index is 14.0. The summed E-state index contributed by atoms with van der Waals surface area (Å²) in [4.78, 5) is 18.7. The molecule has 2 aromatic carbocycles. The maximum Gasteiger partial charge on any atom is 0.317 e. The number of ether oxygens (including phenoxy) is 1. The van der Waals surface area contributed by atoms with Crippen molar-refractivity contribution in [2.45, 2.75) is 69.4 Å². The van der Waals surface area contributed by atoms with Crippen LogP contribution in [0, 0.1) is 5.92 Å². The number of fused-ring (bicyclic) bond motifs is 3. The van der Waals surface area contributed by atoms with Crippen molar-refractivity contribution < 1.29 is 30.9 Å².